The normalized spacial score (nSPS) is 12.4. The van der Waals surface area contributed by atoms with Gasteiger partial charge in [0.1, 0.15) is 0 Å². The lowest BCUT2D eigenvalue weighted by molar-refractivity contribution is 0.163. The molecule has 20 heavy (non-hydrogen) atoms. The second-order valence-electron chi connectivity index (χ2n) is 4.67. The number of aromatic nitrogens is 2. The Balaban J connectivity index is 2.31. The lowest BCUT2D eigenvalue weighted by Crippen LogP contribution is -2.12. The fraction of sp³-hybridized carbons (Fsp3) is 0.357. The number of halogens is 2. The van der Waals surface area contributed by atoms with Gasteiger partial charge in [0.15, 0.2) is 0 Å². The molecule has 1 atom stereocenters. The van der Waals surface area contributed by atoms with Gasteiger partial charge >= 0.3 is 0 Å². The van der Waals surface area contributed by atoms with Crippen molar-refractivity contribution in [2.75, 3.05) is 19.0 Å². The third-order valence-electron chi connectivity index (χ3n) is 2.91. The molecule has 0 spiro atoms. The molecule has 0 fully saturated rings. The van der Waals surface area contributed by atoms with E-state index in [1.165, 1.54) is 0 Å². The Labute approximate surface area is 128 Å². The topological polar surface area (TPSA) is 39.1 Å². The van der Waals surface area contributed by atoms with Crippen molar-refractivity contribution in [1.29, 1.82) is 0 Å². The summed E-state index contributed by atoms with van der Waals surface area (Å²) in [5, 5.41) is 4.44. The van der Waals surface area contributed by atoms with E-state index < -0.39 is 0 Å². The maximum atomic E-state index is 6.16. The molecule has 4 nitrogen and oxygen atoms in total. The van der Waals surface area contributed by atoms with E-state index in [0.29, 0.717) is 16.7 Å². The summed E-state index contributed by atoms with van der Waals surface area (Å²) < 4.78 is 7.22. The predicted molar refractivity (Wildman–Crippen MR) is 83.3 cm³/mol. The number of rotatable bonds is 5. The molecular weight excluding hydrogens is 297 g/mol. The first-order valence-corrected chi connectivity index (χ1v) is 7.03. The van der Waals surface area contributed by atoms with Gasteiger partial charge in [0, 0.05) is 18.3 Å². The van der Waals surface area contributed by atoms with E-state index in [1.807, 2.05) is 17.7 Å². The van der Waals surface area contributed by atoms with Crippen LogP contribution in [0, 0.1) is 6.92 Å². The number of benzene rings is 1. The summed E-state index contributed by atoms with van der Waals surface area (Å²) in [6, 6.07) is 5.45. The molecular formula is C14H17Cl2N3O. The molecule has 2 aromatic rings. The van der Waals surface area contributed by atoms with E-state index in [9.17, 15) is 0 Å². The number of ether oxygens (including phenoxy) is 1. The molecule has 0 aliphatic rings. The molecule has 1 aromatic heterocycles. The van der Waals surface area contributed by atoms with Crippen LogP contribution in [0.2, 0.25) is 10.0 Å². The minimum atomic E-state index is 0.168. The van der Waals surface area contributed by atoms with Crippen LogP contribution in [0.25, 0.3) is 0 Å². The number of nitrogens with one attached hydrogen (secondary N) is 1. The summed E-state index contributed by atoms with van der Waals surface area (Å²) in [7, 11) is 1.68. The van der Waals surface area contributed by atoms with Crippen molar-refractivity contribution in [3.05, 3.63) is 40.1 Å². The molecule has 0 aliphatic carbocycles. The van der Waals surface area contributed by atoms with Crippen LogP contribution in [0.5, 0.6) is 0 Å². The molecule has 0 radical (unpaired) electrons. The monoisotopic (exact) mass is 313 g/mol. The quantitative estimate of drug-likeness (QED) is 0.886. The second kappa shape index (κ2) is 6.48. The number of anilines is 2. The average Bonchev–Trinajstić information content (AvgIpc) is 2.75. The molecule has 6 heteroatoms. The zero-order valence-electron chi connectivity index (χ0n) is 11.7. The fourth-order valence-corrected chi connectivity index (χ4v) is 2.32. The van der Waals surface area contributed by atoms with E-state index >= 15 is 0 Å². The third kappa shape index (κ3) is 3.45. The maximum Gasteiger partial charge on any atom is 0.207 e. The number of aryl methyl sites for hydroxylation is 1. The molecule has 1 N–H and O–H groups in total. The van der Waals surface area contributed by atoms with Crippen LogP contribution >= 0.6 is 23.2 Å². The van der Waals surface area contributed by atoms with Gasteiger partial charge in [-0.05, 0) is 32.0 Å². The molecule has 0 bridgehead atoms. The molecule has 1 unspecified atom stereocenters. The summed E-state index contributed by atoms with van der Waals surface area (Å²) >= 11 is 12.2. The minimum Gasteiger partial charge on any atom is -0.383 e. The smallest absolute Gasteiger partial charge is 0.207 e. The average molecular weight is 314 g/mol. The molecule has 2 rings (SSSR count). The molecule has 0 aliphatic heterocycles. The Bertz CT molecular complexity index is 598. The Morgan fingerprint density at radius 2 is 2.15 bits per heavy atom. The van der Waals surface area contributed by atoms with Crippen molar-refractivity contribution in [2.45, 2.75) is 19.9 Å². The summed E-state index contributed by atoms with van der Waals surface area (Å²) in [5.74, 6) is 0.719. The van der Waals surface area contributed by atoms with Gasteiger partial charge in [-0.3, -0.25) is 0 Å². The van der Waals surface area contributed by atoms with E-state index in [4.69, 9.17) is 27.9 Å². The lowest BCUT2D eigenvalue weighted by Gasteiger charge is -2.16. The second-order valence-corrected chi connectivity index (χ2v) is 5.51. The number of imidazole rings is 1. The van der Waals surface area contributed by atoms with E-state index in [-0.39, 0.29) is 6.04 Å². The summed E-state index contributed by atoms with van der Waals surface area (Å²) in [5.41, 5.74) is 1.66. The van der Waals surface area contributed by atoms with Crippen LogP contribution in [0.1, 0.15) is 18.7 Å². The first-order chi connectivity index (χ1) is 9.51. The van der Waals surface area contributed by atoms with Gasteiger partial charge in [-0.15, -0.1) is 0 Å². The Hall–Kier alpha value is -1.23. The van der Waals surface area contributed by atoms with Gasteiger partial charge in [0.25, 0.3) is 0 Å². The van der Waals surface area contributed by atoms with Gasteiger partial charge in [-0.2, -0.15) is 0 Å². The highest BCUT2D eigenvalue weighted by Crippen LogP contribution is 2.29. The van der Waals surface area contributed by atoms with Crippen molar-refractivity contribution >= 4 is 34.8 Å². The molecule has 1 aromatic carbocycles. The molecule has 0 saturated carbocycles. The van der Waals surface area contributed by atoms with Crippen LogP contribution in [-0.2, 0) is 4.74 Å². The Kier molecular flexibility index (Phi) is 4.91. The van der Waals surface area contributed by atoms with Crippen LogP contribution in [0.3, 0.4) is 0 Å². The van der Waals surface area contributed by atoms with Gasteiger partial charge in [-0.1, -0.05) is 23.2 Å². The molecule has 0 saturated heterocycles. The van der Waals surface area contributed by atoms with Crippen LogP contribution in [-0.4, -0.2) is 23.3 Å². The third-order valence-corrected chi connectivity index (χ3v) is 3.48. The largest absolute Gasteiger partial charge is 0.383 e. The molecule has 0 amide bonds. The standard InChI is InChI=1S/C14H17Cl2N3O/c1-9-7-19(10(2)8-20-3)14(17-9)18-13-6-11(15)4-5-12(13)16/h4-7,10H,8H2,1-3H3,(H,17,18). The zero-order chi connectivity index (χ0) is 14.7. The highest BCUT2D eigenvalue weighted by molar-refractivity contribution is 6.35. The van der Waals surface area contributed by atoms with Gasteiger partial charge in [-0.25, -0.2) is 4.98 Å². The number of nitrogens with zero attached hydrogens (tertiary/aromatic N) is 2. The predicted octanol–water partition coefficient (Wildman–Crippen LogP) is 4.45. The number of methoxy groups -OCH3 is 1. The first-order valence-electron chi connectivity index (χ1n) is 6.27. The zero-order valence-corrected chi connectivity index (χ0v) is 13.2. The number of hydrogen-bond donors (Lipinski definition) is 1. The van der Waals surface area contributed by atoms with E-state index in [2.05, 4.69) is 17.2 Å². The summed E-state index contributed by atoms with van der Waals surface area (Å²) in [6.07, 6.45) is 1.98. The van der Waals surface area contributed by atoms with Crippen LogP contribution in [0.4, 0.5) is 11.6 Å². The Morgan fingerprint density at radius 1 is 1.40 bits per heavy atom. The van der Waals surface area contributed by atoms with Crippen molar-refractivity contribution in [2.24, 2.45) is 0 Å². The Morgan fingerprint density at radius 3 is 2.85 bits per heavy atom. The van der Waals surface area contributed by atoms with Gasteiger partial charge in [0.05, 0.1) is 29.1 Å². The van der Waals surface area contributed by atoms with Gasteiger partial charge < -0.3 is 14.6 Å². The maximum absolute atomic E-state index is 6.16. The number of hydrogen-bond acceptors (Lipinski definition) is 3. The van der Waals surface area contributed by atoms with Gasteiger partial charge in [0.2, 0.25) is 5.95 Å². The van der Waals surface area contributed by atoms with Crippen LogP contribution in [0.15, 0.2) is 24.4 Å². The summed E-state index contributed by atoms with van der Waals surface area (Å²) in [4.78, 5) is 4.47. The summed E-state index contributed by atoms with van der Waals surface area (Å²) in [6.45, 7) is 4.61. The lowest BCUT2D eigenvalue weighted by atomic mass is 10.3. The van der Waals surface area contributed by atoms with Crippen LogP contribution < -0.4 is 5.32 Å². The van der Waals surface area contributed by atoms with Crippen molar-refractivity contribution in [3.8, 4) is 0 Å². The first kappa shape index (κ1) is 15.2. The molecule has 1 heterocycles. The molecule has 108 valence electrons. The van der Waals surface area contributed by atoms with E-state index in [0.717, 1.165) is 17.3 Å². The SMILES string of the molecule is COCC(C)n1cc(C)nc1Nc1cc(Cl)ccc1Cl. The van der Waals surface area contributed by atoms with Crippen molar-refractivity contribution in [1.82, 2.24) is 9.55 Å². The highest BCUT2D eigenvalue weighted by Gasteiger charge is 2.13. The van der Waals surface area contributed by atoms with Crippen molar-refractivity contribution in [3.63, 3.8) is 0 Å². The van der Waals surface area contributed by atoms with E-state index in [1.54, 1.807) is 25.3 Å². The highest BCUT2D eigenvalue weighted by atomic mass is 35.5. The minimum absolute atomic E-state index is 0.168. The fourth-order valence-electron chi connectivity index (χ4n) is 1.98. The van der Waals surface area contributed by atoms with Crippen molar-refractivity contribution < 1.29 is 4.74 Å².